The van der Waals surface area contributed by atoms with E-state index < -0.39 is 12.1 Å². The lowest BCUT2D eigenvalue weighted by molar-refractivity contribution is -0.147. The van der Waals surface area contributed by atoms with E-state index in [0.717, 1.165) is 18.3 Å². The van der Waals surface area contributed by atoms with Crippen LogP contribution in [0.25, 0.3) is 0 Å². The first-order valence-corrected chi connectivity index (χ1v) is 5.56. The van der Waals surface area contributed by atoms with Gasteiger partial charge in [0.05, 0.1) is 0 Å². The molecule has 2 N–H and O–H groups in total. The number of carboxylic acids is 1. The first kappa shape index (κ1) is 13.4. The fraction of sp³-hybridized carbons (Fsp3) is 0.385. The van der Waals surface area contributed by atoms with Gasteiger partial charge in [-0.25, -0.2) is 4.79 Å². The van der Waals surface area contributed by atoms with Gasteiger partial charge < -0.3 is 15.0 Å². The highest BCUT2D eigenvalue weighted by Gasteiger charge is 2.19. The number of aliphatic hydroxyl groups is 1. The summed E-state index contributed by atoms with van der Waals surface area (Å²) >= 11 is 0. The molecule has 92 valence electrons. The standard InChI is InChI=1S/C13H16O4/c1-2-9-5-6-10(4-3-7-14)11(8-9)12(15)13(16)17/h5-8,12,15H,2-4H2,1H3,(H,16,17). The first-order chi connectivity index (χ1) is 8.10. The Balaban J connectivity index is 3.10. The number of aryl methyl sites for hydroxylation is 2. The number of hydrogen-bond donors (Lipinski definition) is 2. The second-order valence-corrected chi connectivity index (χ2v) is 3.83. The Hall–Kier alpha value is -1.68. The number of rotatable bonds is 6. The number of carbonyl (C=O) groups excluding carboxylic acids is 1. The second-order valence-electron chi connectivity index (χ2n) is 3.83. The van der Waals surface area contributed by atoms with Crippen LogP contribution in [0.4, 0.5) is 0 Å². The number of aldehydes is 1. The Kier molecular flexibility index (Phi) is 4.84. The molecule has 0 aromatic heterocycles. The number of aliphatic carboxylic acids is 1. The van der Waals surface area contributed by atoms with Crippen LogP contribution in [-0.2, 0) is 22.4 Å². The van der Waals surface area contributed by atoms with Gasteiger partial charge in [-0.3, -0.25) is 0 Å². The molecule has 0 saturated heterocycles. The molecule has 1 aromatic carbocycles. The van der Waals surface area contributed by atoms with Crippen molar-refractivity contribution in [1.82, 2.24) is 0 Å². The summed E-state index contributed by atoms with van der Waals surface area (Å²) < 4.78 is 0. The highest BCUT2D eigenvalue weighted by molar-refractivity contribution is 5.74. The van der Waals surface area contributed by atoms with E-state index in [-0.39, 0.29) is 0 Å². The van der Waals surface area contributed by atoms with Crippen molar-refractivity contribution in [2.24, 2.45) is 0 Å². The molecule has 4 heteroatoms. The van der Waals surface area contributed by atoms with Crippen LogP contribution in [0.3, 0.4) is 0 Å². The van der Waals surface area contributed by atoms with Crippen molar-refractivity contribution < 1.29 is 19.8 Å². The van der Waals surface area contributed by atoms with E-state index in [9.17, 15) is 14.7 Å². The molecule has 1 atom stereocenters. The molecule has 0 heterocycles. The van der Waals surface area contributed by atoms with Crippen LogP contribution in [-0.4, -0.2) is 22.5 Å². The van der Waals surface area contributed by atoms with Gasteiger partial charge in [-0.1, -0.05) is 25.1 Å². The van der Waals surface area contributed by atoms with Crippen molar-refractivity contribution in [2.45, 2.75) is 32.3 Å². The molecule has 0 bridgehead atoms. The third kappa shape index (κ3) is 3.39. The largest absolute Gasteiger partial charge is 0.479 e. The number of carbonyl (C=O) groups is 2. The minimum Gasteiger partial charge on any atom is -0.479 e. The maximum absolute atomic E-state index is 10.8. The van der Waals surface area contributed by atoms with Crippen LogP contribution >= 0.6 is 0 Å². The van der Waals surface area contributed by atoms with E-state index >= 15 is 0 Å². The molecule has 17 heavy (non-hydrogen) atoms. The summed E-state index contributed by atoms with van der Waals surface area (Å²) in [5, 5.41) is 18.4. The van der Waals surface area contributed by atoms with E-state index in [1.165, 1.54) is 0 Å². The summed E-state index contributed by atoms with van der Waals surface area (Å²) in [6.45, 7) is 1.96. The van der Waals surface area contributed by atoms with Crippen molar-refractivity contribution in [3.8, 4) is 0 Å². The number of hydrogen-bond acceptors (Lipinski definition) is 3. The summed E-state index contributed by atoms with van der Waals surface area (Å²) in [5.41, 5.74) is 2.07. The highest BCUT2D eigenvalue weighted by Crippen LogP contribution is 2.21. The Bertz CT molecular complexity index is 412. The van der Waals surface area contributed by atoms with Crippen molar-refractivity contribution in [3.63, 3.8) is 0 Å². The first-order valence-electron chi connectivity index (χ1n) is 5.56. The average molecular weight is 236 g/mol. The summed E-state index contributed by atoms with van der Waals surface area (Å²) in [6, 6.07) is 5.36. The molecule has 0 amide bonds. The predicted molar refractivity (Wildman–Crippen MR) is 62.8 cm³/mol. The molecule has 0 spiro atoms. The van der Waals surface area contributed by atoms with Gasteiger partial charge >= 0.3 is 5.97 Å². The Morgan fingerprint density at radius 2 is 2.18 bits per heavy atom. The molecule has 0 radical (unpaired) electrons. The predicted octanol–water partition coefficient (Wildman–Crippen LogP) is 1.50. The normalized spacial score (nSPS) is 12.1. The van der Waals surface area contributed by atoms with Gasteiger partial charge in [0.25, 0.3) is 0 Å². The Labute approximate surface area is 99.9 Å². The molecule has 0 aliphatic carbocycles. The Morgan fingerprint density at radius 1 is 1.47 bits per heavy atom. The van der Waals surface area contributed by atoms with Crippen molar-refractivity contribution in [3.05, 3.63) is 34.9 Å². The van der Waals surface area contributed by atoms with Crippen LogP contribution in [0.15, 0.2) is 18.2 Å². The molecule has 4 nitrogen and oxygen atoms in total. The van der Waals surface area contributed by atoms with Gasteiger partial charge in [0.2, 0.25) is 0 Å². The van der Waals surface area contributed by atoms with Crippen LogP contribution in [0.1, 0.15) is 36.1 Å². The molecule has 0 saturated carbocycles. The Morgan fingerprint density at radius 3 is 2.71 bits per heavy atom. The van der Waals surface area contributed by atoms with Crippen molar-refractivity contribution >= 4 is 12.3 Å². The molecular formula is C13H16O4. The summed E-state index contributed by atoms with van der Waals surface area (Å²) in [6.07, 6.45) is 0.804. The molecular weight excluding hydrogens is 220 g/mol. The van der Waals surface area contributed by atoms with E-state index in [2.05, 4.69) is 0 Å². The van der Waals surface area contributed by atoms with Crippen LogP contribution in [0.5, 0.6) is 0 Å². The molecule has 1 unspecified atom stereocenters. The second kappa shape index (κ2) is 6.15. The minimum absolute atomic E-state index is 0.324. The molecule has 0 aliphatic rings. The zero-order chi connectivity index (χ0) is 12.8. The maximum Gasteiger partial charge on any atom is 0.337 e. The molecule has 1 aromatic rings. The van der Waals surface area contributed by atoms with Gasteiger partial charge in [-0.05, 0) is 29.5 Å². The number of benzene rings is 1. The van der Waals surface area contributed by atoms with Crippen molar-refractivity contribution in [2.75, 3.05) is 0 Å². The van der Waals surface area contributed by atoms with E-state index in [0.29, 0.717) is 24.0 Å². The third-order valence-corrected chi connectivity index (χ3v) is 2.68. The van der Waals surface area contributed by atoms with Gasteiger partial charge in [0.1, 0.15) is 6.29 Å². The minimum atomic E-state index is -1.52. The van der Waals surface area contributed by atoms with Gasteiger partial charge in [0.15, 0.2) is 6.10 Å². The smallest absolute Gasteiger partial charge is 0.337 e. The monoisotopic (exact) mass is 236 g/mol. The SMILES string of the molecule is CCc1ccc(CCC=O)c(C(O)C(=O)O)c1. The van der Waals surface area contributed by atoms with Crippen LogP contribution in [0, 0.1) is 0 Å². The zero-order valence-corrected chi connectivity index (χ0v) is 9.72. The lowest BCUT2D eigenvalue weighted by Crippen LogP contribution is -2.13. The molecule has 0 fully saturated rings. The molecule has 0 aliphatic heterocycles. The van der Waals surface area contributed by atoms with Crippen LogP contribution in [0.2, 0.25) is 0 Å². The number of aliphatic hydroxyl groups excluding tert-OH is 1. The van der Waals surface area contributed by atoms with E-state index in [1.807, 2.05) is 13.0 Å². The van der Waals surface area contributed by atoms with Crippen LogP contribution < -0.4 is 0 Å². The maximum atomic E-state index is 10.8. The topological polar surface area (TPSA) is 74.6 Å². The van der Waals surface area contributed by atoms with Gasteiger partial charge in [-0.15, -0.1) is 0 Å². The summed E-state index contributed by atoms with van der Waals surface area (Å²) in [7, 11) is 0. The highest BCUT2D eigenvalue weighted by atomic mass is 16.4. The van der Waals surface area contributed by atoms with Gasteiger partial charge in [-0.2, -0.15) is 0 Å². The zero-order valence-electron chi connectivity index (χ0n) is 9.72. The lowest BCUT2D eigenvalue weighted by atomic mass is 9.95. The lowest BCUT2D eigenvalue weighted by Gasteiger charge is -2.13. The number of carboxylic acid groups (broad SMARTS) is 1. The van der Waals surface area contributed by atoms with Gasteiger partial charge in [0, 0.05) is 6.42 Å². The van der Waals surface area contributed by atoms with E-state index in [4.69, 9.17) is 5.11 Å². The fourth-order valence-corrected chi connectivity index (χ4v) is 1.69. The summed E-state index contributed by atoms with van der Waals surface area (Å²) in [5.74, 6) is -1.27. The fourth-order valence-electron chi connectivity index (χ4n) is 1.69. The average Bonchev–Trinajstić information content (AvgIpc) is 2.35. The van der Waals surface area contributed by atoms with E-state index in [1.54, 1.807) is 12.1 Å². The quantitative estimate of drug-likeness (QED) is 0.734. The third-order valence-electron chi connectivity index (χ3n) is 2.68. The van der Waals surface area contributed by atoms with Crippen molar-refractivity contribution in [1.29, 1.82) is 0 Å². The summed E-state index contributed by atoms with van der Waals surface area (Å²) in [4.78, 5) is 21.1. The molecule has 1 rings (SSSR count).